The van der Waals surface area contributed by atoms with Crippen molar-refractivity contribution in [3.63, 3.8) is 0 Å². The molecule has 0 spiro atoms. The van der Waals surface area contributed by atoms with Gasteiger partial charge in [-0.25, -0.2) is 4.79 Å². The van der Waals surface area contributed by atoms with Gasteiger partial charge in [0.25, 0.3) is 0 Å². The van der Waals surface area contributed by atoms with Crippen LogP contribution in [0.2, 0.25) is 0 Å². The van der Waals surface area contributed by atoms with E-state index in [-0.39, 0.29) is 18.5 Å². The normalized spacial score (nSPS) is 10.7. The maximum Gasteiger partial charge on any atom is 0.330 e. The second-order valence-corrected chi connectivity index (χ2v) is 6.17. The van der Waals surface area contributed by atoms with Crippen LogP contribution in [-0.4, -0.2) is 30.7 Å². The molecule has 0 fully saturated rings. The van der Waals surface area contributed by atoms with Crippen molar-refractivity contribution in [1.29, 1.82) is 0 Å². The number of nitrogens with one attached hydrogen (secondary N) is 1. The van der Waals surface area contributed by atoms with Crippen LogP contribution >= 0.6 is 0 Å². The molecule has 0 heterocycles. The van der Waals surface area contributed by atoms with Crippen LogP contribution in [0.5, 0.6) is 0 Å². The molecule has 0 unspecified atom stereocenters. The fourth-order valence-corrected chi connectivity index (χ4v) is 2.59. The summed E-state index contributed by atoms with van der Waals surface area (Å²) in [6.07, 6.45) is 5.72. The van der Waals surface area contributed by atoms with Gasteiger partial charge < -0.3 is 15.2 Å². The first kappa shape index (κ1) is 20.4. The maximum absolute atomic E-state index is 12.0. The number of carbonyl (C=O) groups is 2. The summed E-state index contributed by atoms with van der Waals surface area (Å²) in [6, 6.07) is 15.4. The highest BCUT2D eigenvalue weighted by molar-refractivity contribution is 5.90. The van der Waals surface area contributed by atoms with E-state index in [1.54, 1.807) is 6.08 Å². The summed E-state index contributed by atoms with van der Waals surface area (Å²) in [5, 5.41) is 11.8. The Morgan fingerprint density at radius 1 is 1.00 bits per heavy atom. The van der Waals surface area contributed by atoms with E-state index in [0.29, 0.717) is 12.8 Å². The van der Waals surface area contributed by atoms with E-state index in [1.165, 1.54) is 13.2 Å². The summed E-state index contributed by atoms with van der Waals surface area (Å²) in [4.78, 5) is 23.1. The Kier molecular flexibility index (Phi) is 8.26. The topological polar surface area (TPSA) is 75.6 Å². The Balaban J connectivity index is 1.74. The van der Waals surface area contributed by atoms with Crippen LogP contribution in [0.4, 0.5) is 5.69 Å². The predicted octanol–water partition coefficient (Wildman–Crippen LogP) is 3.37. The molecule has 5 nitrogen and oxygen atoms in total. The fourth-order valence-electron chi connectivity index (χ4n) is 2.59. The third-order valence-corrected chi connectivity index (χ3v) is 4.10. The molecule has 2 aromatic rings. The molecular formula is C22H25NO4. The van der Waals surface area contributed by atoms with E-state index < -0.39 is 0 Å². The van der Waals surface area contributed by atoms with Crippen LogP contribution in [0.25, 0.3) is 6.08 Å². The molecule has 27 heavy (non-hydrogen) atoms. The quantitative estimate of drug-likeness (QED) is 0.526. The van der Waals surface area contributed by atoms with Gasteiger partial charge in [0.2, 0.25) is 5.91 Å². The molecule has 142 valence electrons. The molecule has 0 aliphatic heterocycles. The smallest absolute Gasteiger partial charge is 0.330 e. The van der Waals surface area contributed by atoms with Gasteiger partial charge in [0, 0.05) is 24.8 Å². The zero-order valence-corrected chi connectivity index (χ0v) is 15.5. The first-order valence-electron chi connectivity index (χ1n) is 8.95. The van der Waals surface area contributed by atoms with Crippen molar-refractivity contribution >= 4 is 23.6 Å². The lowest BCUT2D eigenvalue weighted by Gasteiger charge is -2.07. The van der Waals surface area contributed by atoms with E-state index in [1.807, 2.05) is 48.5 Å². The first-order valence-corrected chi connectivity index (χ1v) is 8.95. The highest BCUT2D eigenvalue weighted by Gasteiger charge is 2.03. The van der Waals surface area contributed by atoms with Crippen LogP contribution in [0.1, 0.15) is 29.5 Å². The Hall–Kier alpha value is -2.92. The van der Waals surface area contributed by atoms with E-state index in [2.05, 4.69) is 10.1 Å². The molecule has 0 saturated carbocycles. The van der Waals surface area contributed by atoms with Crippen molar-refractivity contribution in [2.24, 2.45) is 0 Å². The Morgan fingerprint density at radius 2 is 1.63 bits per heavy atom. The number of hydrogen-bond donors (Lipinski definition) is 2. The highest BCUT2D eigenvalue weighted by atomic mass is 16.5. The van der Waals surface area contributed by atoms with Crippen molar-refractivity contribution in [1.82, 2.24) is 0 Å². The first-order chi connectivity index (χ1) is 13.1. The van der Waals surface area contributed by atoms with Gasteiger partial charge in [-0.2, -0.15) is 0 Å². The molecule has 0 aliphatic carbocycles. The molecule has 0 atom stereocenters. The van der Waals surface area contributed by atoms with E-state index in [0.717, 1.165) is 35.2 Å². The molecule has 0 saturated heterocycles. The number of aliphatic hydroxyl groups is 1. The number of carbonyl (C=O) groups excluding carboxylic acids is 2. The number of benzene rings is 2. The van der Waals surface area contributed by atoms with Crippen molar-refractivity contribution in [3.8, 4) is 0 Å². The SMILES string of the molecule is COC(=O)/C=C/c1ccc(CCCC(=O)Nc2ccc(CCO)cc2)cc1. The minimum atomic E-state index is -0.381. The lowest BCUT2D eigenvalue weighted by Crippen LogP contribution is -2.11. The number of esters is 1. The van der Waals surface area contributed by atoms with Crippen LogP contribution in [0.3, 0.4) is 0 Å². The van der Waals surface area contributed by atoms with Gasteiger partial charge in [-0.1, -0.05) is 36.4 Å². The summed E-state index contributed by atoms with van der Waals surface area (Å²) >= 11 is 0. The zero-order chi connectivity index (χ0) is 19.5. The lowest BCUT2D eigenvalue weighted by atomic mass is 10.1. The molecule has 2 N–H and O–H groups in total. The average Bonchev–Trinajstić information content (AvgIpc) is 2.69. The molecule has 1 amide bonds. The van der Waals surface area contributed by atoms with Gasteiger partial charge >= 0.3 is 5.97 Å². The Labute approximate surface area is 159 Å². The zero-order valence-electron chi connectivity index (χ0n) is 15.5. The lowest BCUT2D eigenvalue weighted by molar-refractivity contribution is -0.134. The summed E-state index contributed by atoms with van der Waals surface area (Å²) in [5.74, 6) is -0.393. The monoisotopic (exact) mass is 367 g/mol. The molecule has 2 rings (SSSR count). The van der Waals surface area contributed by atoms with Crippen LogP contribution in [-0.2, 0) is 27.2 Å². The van der Waals surface area contributed by atoms with Gasteiger partial charge in [-0.3, -0.25) is 4.79 Å². The number of aryl methyl sites for hydroxylation is 1. The van der Waals surface area contributed by atoms with Crippen molar-refractivity contribution in [3.05, 3.63) is 71.3 Å². The largest absolute Gasteiger partial charge is 0.466 e. The molecule has 0 radical (unpaired) electrons. The second kappa shape index (κ2) is 10.9. The van der Waals surface area contributed by atoms with Crippen LogP contribution < -0.4 is 5.32 Å². The van der Waals surface area contributed by atoms with Crippen molar-refractivity contribution in [2.45, 2.75) is 25.7 Å². The second-order valence-electron chi connectivity index (χ2n) is 6.17. The summed E-state index contributed by atoms with van der Waals surface area (Å²) in [6.45, 7) is 0.119. The number of amides is 1. The molecule has 0 bridgehead atoms. The van der Waals surface area contributed by atoms with Crippen molar-refractivity contribution < 1.29 is 19.4 Å². The van der Waals surface area contributed by atoms with E-state index in [4.69, 9.17) is 5.11 Å². The third kappa shape index (κ3) is 7.46. The van der Waals surface area contributed by atoms with Crippen LogP contribution in [0.15, 0.2) is 54.6 Å². The number of hydrogen-bond acceptors (Lipinski definition) is 4. The fraction of sp³-hybridized carbons (Fsp3) is 0.273. The number of aliphatic hydroxyl groups excluding tert-OH is 1. The third-order valence-electron chi connectivity index (χ3n) is 4.10. The Bertz CT molecular complexity index is 764. The molecule has 2 aromatic carbocycles. The maximum atomic E-state index is 12.0. The standard InChI is InChI=1S/C22H25NO4/c1-27-22(26)14-11-18-7-5-17(6-8-18)3-2-4-21(25)23-20-12-9-19(10-13-20)15-16-24/h5-14,24H,2-4,15-16H2,1H3,(H,23,25)/b14-11+. The van der Waals surface area contributed by atoms with Gasteiger partial charge in [0.05, 0.1) is 7.11 Å². The number of rotatable bonds is 9. The van der Waals surface area contributed by atoms with Gasteiger partial charge in [0.1, 0.15) is 0 Å². The highest BCUT2D eigenvalue weighted by Crippen LogP contribution is 2.12. The van der Waals surface area contributed by atoms with Gasteiger partial charge in [-0.15, -0.1) is 0 Å². The minimum Gasteiger partial charge on any atom is -0.466 e. The predicted molar refractivity (Wildman–Crippen MR) is 106 cm³/mol. The van der Waals surface area contributed by atoms with E-state index in [9.17, 15) is 9.59 Å². The Morgan fingerprint density at radius 3 is 2.26 bits per heavy atom. The molecular weight excluding hydrogens is 342 g/mol. The van der Waals surface area contributed by atoms with Crippen molar-refractivity contribution in [2.75, 3.05) is 19.0 Å². The summed E-state index contributed by atoms with van der Waals surface area (Å²) in [5.41, 5.74) is 3.88. The summed E-state index contributed by atoms with van der Waals surface area (Å²) in [7, 11) is 1.35. The van der Waals surface area contributed by atoms with E-state index >= 15 is 0 Å². The number of anilines is 1. The minimum absolute atomic E-state index is 0.0115. The molecule has 0 aromatic heterocycles. The average molecular weight is 367 g/mol. The van der Waals surface area contributed by atoms with Crippen LogP contribution in [0, 0.1) is 0 Å². The number of methoxy groups -OCH3 is 1. The van der Waals surface area contributed by atoms with Gasteiger partial charge in [-0.05, 0) is 54.2 Å². The molecule has 0 aliphatic rings. The van der Waals surface area contributed by atoms with Gasteiger partial charge in [0.15, 0.2) is 0 Å². The number of ether oxygens (including phenoxy) is 1. The summed E-state index contributed by atoms with van der Waals surface area (Å²) < 4.78 is 4.56. The molecule has 5 heteroatoms.